The standard InChI is InChI=1S/C15H15NOS/c1-16-11-15(17,12-7-3-2-4-8-12)18-14-10-6-5-9-13(14)16/h2-10,17H,11H2,1H3. The highest BCUT2D eigenvalue weighted by atomic mass is 32.2. The molecule has 0 fully saturated rings. The Morgan fingerprint density at radius 1 is 1.06 bits per heavy atom. The molecular weight excluding hydrogens is 242 g/mol. The van der Waals surface area contributed by atoms with E-state index >= 15 is 0 Å². The third-order valence-electron chi connectivity index (χ3n) is 3.23. The van der Waals surface area contributed by atoms with E-state index in [1.54, 1.807) is 0 Å². The van der Waals surface area contributed by atoms with Gasteiger partial charge in [0.15, 0.2) is 4.93 Å². The molecule has 3 heteroatoms. The van der Waals surface area contributed by atoms with Crippen molar-refractivity contribution < 1.29 is 5.11 Å². The number of rotatable bonds is 1. The van der Waals surface area contributed by atoms with E-state index in [4.69, 9.17) is 0 Å². The van der Waals surface area contributed by atoms with E-state index in [0.717, 1.165) is 10.5 Å². The molecule has 1 atom stereocenters. The van der Waals surface area contributed by atoms with Gasteiger partial charge in [0.25, 0.3) is 0 Å². The van der Waals surface area contributed by atoms with Gasteiger partial charge in [-0.1, -0.05) is 54.2 Å². The first kappa shape index (κ1) is 11.6. The van der Waals surface area contributed by atoms with Crippen molar-refractivity contribution in [1.82, 2.24) is 0 Å². The molecule has 1 heterocycles. The molecule has 0 aromatic heterocycles. The molecule has 18 heavy (non-hydrogen) atoms. The van der Waals surface area contributed by atoms with Crippen molar-refractivity contribution in [2.45, 2.75) is 9.83 Å². The second-order valence-electron chi connectivity index (χ2n) is 4.58. The second kappa shape index (κ2) is 4.34. The predicted molar refractivity (Wildman–Crippen MR) is 75.9 cm³/mol. The highest BCUT2D eigenvalue weighted by Crippen LogP contribution is 2.47. The summed E-state index contributed by atoms with van der Waals surface area (Å²) in [6.07, 6.45) is 0. The molecule has 0 aliphatic carbocycles. The number of aliphatic hydroxyl groups is 1. The zero-order valence-electron chi connectivity index (χ0n) is 10.2. The maximum Gasteiger partial charge on any atom is 0.157 e. The Morgan fingerprint density at radius 2 is 1.72 bits per heavy atom. The lowest BCUT2D eigenvalue weighted by Gasteiger charge is -2.39. The molecule has 0 radical (unpaired) electrons. The van der Waals surface area contributed by atoms with Gasteiger partial charge in [0.2, 0.25) is 0 Å². The van der Waals surface area contributed by atoms with Gasteiger partial charge in [0.05, 0.1) is 12.2 Å². The van der Waals surface area contributed by atoms with Gasteiger partial charge in [-0.05, 0) is 17.7 Å². The van der Waals surface area contributed by atoms with Crippen molar-refractivity contribution in [3.63, 3.8) is 0 Å². The van der Waals surface area contributed by atoms with Crippen molar-refractivity contribution in [2.75, 3.05) is 18.5 Å². The monoisotopic (exact) mass is 257 g/mol. The minimum Gasteiger partial charge on any atom is -0.373 e. The number of para-hydroxylation sites is 1. The summed E-state index contributed by atoms with van der Waals surface area (Å²) >= 11 is 1.53. The van der Waals surface area contributed by atoms with Crippen LogP contribution < -0.4 is 4.90 Å². The Hall–Kier alpha value is -1.45. The molecule has 1 aliphatic heterocycles. The van der Waals surface area contributed by atoms with Gasteiger partial charge in [-0.2, -0.15) is 0 Å². The fourth-order valence-electron chi connectivity index (χ4n) is 2.33. The molecule has 0 bridgehead atoms. The van der Waals surface area contributed by atoms with Crippen LogP contribution in [0.3, 0.4) is 0 Å². The highest BCUT2D eigenvalue weighted by Gasteiger charge is 2.37. The van der Waals surface area contributed by atoms with Crippen LogP contribution in [0.5, 0.6) is 0 Å². The lowest BCUT2D eigenvalue weighted by molar-refractivity contribution is 0.143. The van der Waals surface area contributed by atoms with Crippen molar-refractivity contribution >= 4 is 17.4 Å². The first-order chi connectivity index (χ1) is 8.69. The van der Waals surface area contributed by atoms with E-state index in [1.165, 1.54) is 17.4 Å². The molecule has 3 rings (SSSR count). The number of β-amino-alcohol motifs (C(OH)–C–C–N with tert-alkyl or cyclic N) is 1. The molecule has 1 aliphatic rings. The molecule has 0 saturated carbocycles. The van der Waals surface area contributed by atoms with E-state index in [1.807, 2.05) is 49.5 Å². The van der Waals surface area contributed by atoms with Gasteiger partial charge in [0, 0.05) is 11.9 Å². The fourth-order valence-corrected chi connectivity index (χ4v) is 3.68. The van der Waals surface area contributed by atoms with E-state index in [9.17, 15) is 5.11 Å². The Bertz CT molecular complexity index is 557. The third-order valence-corrected chi connectivity index (χ3v) is 4.50. The van der Waals surface area contributed by atoms with Crippen molar-refractivity contribution in [3.05, 3.63) is 60.2 Å². The summed E-state index contributed by atoms with van der Waals surface area (Å²) in [6.45, 7) is 0.596. The van der Waals surface area contributed by atoms with Crippen LogP contribution in [-0.4, -0.2) is 18.7 Å². The Morgan fingerprint density at radius 3 is 2.50 bits per heavy atom. The summed E-state index contributed by atoms with van der Waals surface area (Å²) in [6, 6.07) is 18.1. The van der Waals surface area contributed by atoms with Crippen LogP contribution in [0, 0.1) is 0 Å². The second-order valence-corrected chi connectivity index (χ2v) is 5.90. The third kappa shape index (κ3) is 1.89. The van der Waals surface area contributed by atoms with Gasteiger partial charge < -0.3 is 10.0 Å². The minimum atomic E-state index is -0.871. The lowest BCUT2D eigenvalue weighted by atomic mass is 10.1. The zero-order chi connectivity index (χ0) is 12.6. The number of hydrogen-bond acceptors (Lipinski definition) is 3. The molecule has 2 nitrogen and oxygen atoms in total. The zero-order valence-corrected chi connectivity index (χ0v) is 11.0. The molecule has 0 amide bonds. The van der Waals surface area contributed by atoms with Crippen LogP contribution in [0.4, 0.5) is 5.69 Å². The smallest absolute Gasteiger partial charge is 0.157 e. The SMILES string of the molecule is CN1CC(O)(c2ccccc2)Sc2ccccc21. The van der Waals surface area contributed by atoms with Crippen LogP contribution in [-0.2, 0) is 4.93 Å². The number of anilines is 1. The number of nitrogens with zero attached hydrogens (tertiary/aromatic N) is 1. The van der Waals surface area contributed by atoms with Gasteiger partial charge in [-0.3, -0.25) is 0 Å². The van der Waals surface area contributed by atoms with Crippen molar-refractivity contribution in [2.24, 2.45) is 0 Å². The van der Waals surface area contributed by atoms with E-state index in [0.29, 0.717) is 6.54 Å². The van der Waals surface area contributed by atoms with Gasteiger partial charge in [0.1, 0.15) is 0 Å². The molecule has 1 unspecified atom stereocenters. The summed E-state index contributed by atoms with van der Waals surface area (Å²) in [5, 5.41) is 10.9. The number of likely N-dealkylation sites (N-methyl/N-ethyl adjacent to an activating group) is 1. The summed E-state index contributed by atoms with van der Waals surface area (Å²) in [4.78, 5) is 2.36. The highest BCUT2D eigenvalue weighted by molar-refractivity contribution is 8.00. The topological polar surface area (TPSA) is 23.5 Å². The normalized spacial score (nSPS) is 22.7. The molecule has 92 valence electrons. The lowest BCUT2D eigenvalue weighted by Crippen LogP contribution is -2.39. The van der Waals surface area contributed by atoms with E-state index in [2.05, 4.69) is 17.0 Å². The largest absolute Gasteiger partial charge is 0.373 e. The number of benzene rings is 2. The van der Waals surface area contributed by atoms with Crippen LogP contribution in [0.25, 0.3) is 0 Å². The Balaban J connectivity index is 2.03. The summed E-state index contributed by atoms with van der Waals surface area (Å²) in [7, 11) is 2.02. The van der Waals surface area contributed by atoms with Gasteiger partial charge in [-0.25, -0.2) is 0 Å². The van der Waals surface area contributed by atoms with Crippen LogP contribution in [0.1, 0.15) is 5.56 Å². The molecule has 2 aromatic rings. The molecule has 0 saturated heterocycles. The van der Waals surface area contributed by atoms with Gasteiger partial charge in [-0.15, -0.1) is 0 Å². The fraction of sp³-hybridized carbons (Fsp3) is 0.200. The minimum absolute atomic E-state index is 0.596. The number of hydrogen-bond donors (Lipinski definition) is 1. The average molecular weight is 257 g/mol. The summed E-state index contributed by atoms with van der Waals surface area (Å²) in [5.41, 5.74) is 2.14. The van der Waals surface area contributed by atoms with Crippen LogP contribution in [0.15, 0.2) is 59.5 Å². The first-order valence-corrected chi connectivity index (χ1v) is 6.78. The predicted octanol–water partition coefficient (Wildman–Crippen LogP) is 3.07. The summed E-state index contributed by atoms with van der Waals surface area (Å²) in [5.74, 6) is 0. The van der Waals surface area contributed by atoms with Gasteiger partial charge >= 0.3 is 0 Å². The number of thioether (sulfide) groups is 1. The van der Waals surface area contributed by atoms with E-state index < -0.39 is 4.93 Å². The maximum absolute atomic E-state index is 10.9. The Kier molecular flexibility index (Phi) is 2.80. The van der Waals surface area contributed by atoms with E-state index in [-0.39, 0.29) is 0 Å². The molecular formula is C15H15NOS. The first-order valence-electron chi connectivity index (χ1n) is 5.96. The van der Waals surface area contributed by atoms with Crippen molar-refractivity contribution in [3.8, 4) is 0 Å². The maximum atomic E-state index is 10.9. The summed E-state index contributed by atoms with van der Waals surface area (Å²) < 4.78 is 0. The van der Waals surface area contributed by atoms with Crippen molar-refractivity contribution in [1.29, 1.82) is 0 Å². The molecule has 2 aromatic carbocycles. The van der Waals surface area contributed by atoms with Crippen LogP contribution in [0.2, 0.25) is 0 Å². The van der Waals surface area contributed by atoms with Crippen LogP contribution >= 0.6 is 11.8 Å². The molecule has 0 spiro atoms. The quantitative estimate of drug-likeness (QED) is 0.849. The Labute approximate surface area is 111 Å². The number of fused-ring (bicyclic) bond motifs is 1. The molecule has 1 N–H and O–H groups in total. The average Bonchev–Trinajstić information content (AvgIpc) is 2.40.